The summed E-state index contributed by atoms with van der Waals surface area (Å²) in [6.45, 7) is 4.68. The molecule has 0 radical (unpaired) electrons. The molecule has 0 aliphatic carbocycles. The van der Waals surface area contributed by atoms with E-state index in [1.165, 1.54) is 0 Å². The number of hydrogen-bond donors (Lipinski definition) is 1. The van der Waals surface area contributed by atoms with Crippen LogP contribution in [0.2, 0.25) is 0 Å². The van der Waals surface area contributed by atoms with Gasteiger partial charge < -0.3 is 9.47 Å². The second-order valence-corrected chi connectivity index (χ2v) is 4.66. The van der Waals surface area contributed by atoms with Crippen LogP contribution in [0.3, 0.4) is 0 Å². The zero-order valence-corrected chi connectivity index (χ0v) is 10.9. The molecule has 0 atom stereocenters. The highest BCUT2D eigenvalue weighted by Crippen LogP contribution is 2.13. The van der Waals surface area contributed by atoms with Crippen molar-refractivity contribution >= 4 is 5.91 Å². The molecule has 0 aliphatic rings. The van der Waals surface area contributed by atoms with Crippen LogP contribution in [-0.4, -0.2) is 32.6 Å². The molecule has 0 fully saturated rings. The Hall–Kier alpha value is -2.04. The topological polar surface area (TPSA) is 53.9 Å². The lowest BCUT2D eigenvalue weighted by atomic mass is 10.3. The minimum atomic E-state index is 0.0231. The molecule has 5 nitrogen and oxygen atoms in total. The molecule has 0 aromatic carbocycles. The summed E-state index contributed by atoms with van der Waals surface area (Å²) in [4.78, 5) is 14.0. The van der Waals surface area contributed by atoms with Crippen molar-refractivity contribution in [3.8, 4) is 0 Å². The molecular weight excluding hydrogens is 228 g/mol. The van der Waals surface area contributed by atoms with Crippen LogP contribution in [0.25, 0.3) is 0 Å². The number of aromatic amines is 1. The Kier molecular flexibility index (Phi) is 3.50. The summed E-state index contributed by atoms with van der Waals surface area (Å²) in [5, 5.41) is 6.62. The van der Waals surface area contributed by atoms with E-state index in [-0.39, 0.29) is 11.9 Å². The summed E-state index contributed by atoms with van der Waals surface area (Å²) in [5.74, 6) is 0.0231. The van der Waals surface area contributed by atoms with Gasteiger partial charge in [-0.3, -0.25) is 9.89 Å². The maximum Gasteiger partial charge on any atom is 0.270 e. The summed E-state index contributed by atoms with van der Waals surface area (Å²) in [5.41, 5.74) is 1.71. The Morgan fingerprint density at radius 2 is 2.33 bits per heavy atom. The second kappa shape index (κ2) is 5.08. The lowest BCUT2D eigenvalue weighted by molar-refractivity contribution is 0.0773. The lowest BCUT2D eigenvalue weighted by Gasteiger charge is -2.19. The lowest BCUT2D eigenvalue weighted by Crippen LogP contribution is -2.28. The smallest absolute Gasteiger partial charge is 0.270 e. The Labute approximate surface area is 106 Å². The molecule has 96 valence electrons. The number of rotatable bonds is 4. The van der Waals surface area contributed by atoms with Gasteiger partial charge in [-0.25, -0.2) is 0 Å². The van der Waals surface area contributed by atoms with Crippen molar-refractivity contribution in [1.82, 2.24) is 19.7 Å². The minimum absolute atomic E-state index is 0.0231. The molecule has 2 rings (SSSR count). The van der Waals surface area contributed by atoms with Crippen molar-refractivity contribution in [2.24, 2.45) is 0 Å². The van der Waals surface area contributed by atoms with E-state index in [2.05, 4.69) is 24.0 Å². The molecule has 0 unspecified atom stereocenters. The SMILES string of the molecule is CC(C)n1cccc1C(=O)N(C)Cc1cn[nH]c1. The van der Waals surface area contributed by atoms with Crippen LogP contribution in [0, 0.1) is 0 Å². The number of amides is 1. The predicted molar refractivity (Wildman–Crippen MR) is 69.2 cm³/mol. The van der Waals surface area contributed by atoms with Crippen molar-refractivity contribution < 1.29 is 4.79 Å². The molecule has 2 heterocycles. The van der Waals surface area contributed by atoms with Crippen LogP contribution in [0.5, 0.6) is 0 Å². The molecule has 0 spiro atoms. The summed E-state index contributed by atoms with van der Waals surface area (Å²) in [6.07, 6.45) is 5.46. The van der Waals surface area contributed by atoms with E-state index in [1.807, 2.05) is 22.9 Å². The zero-order chi connectivity index (χ0) is 13.1. The molecule has 1 N–H and O–H groups in total. The van der Waals surface area contributed by atoms with Gasteiger partial charge in [0.05, 0.1) is 6.20 Å². The number of H-pyrrole nitrogens is 1. The van der Waals surface area contributed by atoms with Crippen LogP contribution >= 0.6 is 0 Å². The Morgan fingerprint density at radius 1 is 1.56 bits per heavy atom. The minimum Gasteiger partial charge on any atom is -0.341 e. The molecule has 0 saturated heterocycles. The number of carbonyl (C=O) groups is 1. The average Bonchev–Trinajstić information content (AvgIpc) is 2.97. The van der Waals surface area contributed by atoms with Crippen LogP contribution < -0.4 is 0 Å². The van der Waals surface area contributed by atoms with Crippen LogP contribution in [0.15, 0.2) is 30.7 Å². The monoisotopic (exact) mass is 246 g/mol. The van der Waals surface area contributed by atoms with E-state index >= 15 is 0 Å². The average molecular weight is 246 g/mol. The van der Waals surface area contributed by atoms with Crippen molar-refractivity contribution in [2.45, 2.75) is 26.4 Å². The van der Waals surface area contributed by atoms with Gasteiger partial charge in [0.1, 0.15) is 5.69 Å². The van der Waals surface area contributed by atoms with E-state index < -0.39 is 0 Å². The Balaban J connectivity index is 2.13. The highest BCUT2D eigenvalue weighted by Gasteiger charge is 2.17. The van der Waals surface area contributed by atoms with E-state index in [4.69, 9.17) is 0 Å². The van der Waals surface area contributed by atoms with E-state index in [1.54, 1.807) is 24.3 Å². The van der Waals surface area contributed by atoms with E-state index in [9.17, 15) is 4.79 Å². The van der Waals surface area contributed by atoms with Crippen LogP contribution in [0.4, 0.5) is 0 Å². The fraction of sp³-hybridized carbons (Fsp3) is 0.385. The summed E-state index contributed by atoms with van der Waals surface area (Å²) in [7, 11) is 1.80. The largest absolute Gasteiger partial charge is 0.341 e. The second-order valence-electron chi connectivity index (χ2n) is 4.66. The maximum absolute atomic E-state index is 12.3. The first-order valence-corrected chi connectivity index (χ1v) is 5.99. The van der Waals surface area contributed by atoms with Gasteiger partial charge in [-0.1, -0.05) is 0 Å². The quantitative estimate of drug-likeness (QED) is 0.897. The molecule has 0 aliphatic heterocycles. The number of nitrogens with one attached hydrogen (secondary N) is 1. The third-order valence-electron chi connectivity index (χ3n) is 2.88. The zero-order valence-electron chi connectivity index (χ0n) is 10.9. The van der Waals surface area contributed by atoms with Crippen molar-refractivity contribution in [3.63, 3.8) is 0 Å². The summed E-state index contributed by atoms with van der Waals surface area (Å²) < 4.78 is 1.98. The molecule has 18 heavy (non-hydrogen) atoms. The Morgan fingerprint density at radius 3 is 2.94 bits per heavy atom. The van der Waals surface area contributed by atoms with Crippen LogP contribution in [-0.2, 0) is 6.54 Å². The predicted octanol–water partition coefficient (Wildman–Crippen LogP) is 2.06. The highest BCUT2D eigenvalue weighted by atomic mass is 16.2. The first kappa shape index (κ1) is 12.4. The molecule has 1 amide bonds. The molecular formula is C13H18N4O. The normalized spacial score (nSPS) is 10.9. The third kappa shape index (κ3) is 2.45. The van der Waals surface area contributed by atoms with Crippen molar-refractivity contribution in [3.05, 3.63) is 42.0 Å². The van der Waals surface area contributed by atoms with E-state index in [0.29, 0.717) is 6.54 Å². The molecule has 0 bridgehead atoms. The molecule has 5 heteroatoms. The van der Waals surface area contributed by atoms with Gasteiger partial charge in [0.2, 0.25) is 0 Å². The van der Waals surface area contributed by atoms with Gasteiger partial charge in [0.15, 0.2) is 0 Å². The van der Waals surface area contributed by atoms with Gasteiger partial charge in [-0.15, -0.1) is 0 Å². The first-order chi connectivity index (χ1) is 8.59. The van der Waals surface area contributed by atoms with Crippen molar-refractivity contribution in [1.29, 1.82) is 0 Å². The standard InChI is InChI=1S/C13H18N4O/c1-10(2)17-6-4-5-12(17)13(18)16(3)9-11-7-14-15-8-11/h4-8,10H,9H2,1-3H3,(H,14,15). The van der Waals surface area contributed by atoms with Gasteiger partial charge in [0, 0.05) is 37.6 Å². The van der Waals surface area contributed by atoms with Crippen molar-refractivity contribution in [2.75, 3.05) is 7.05 Å². The highest BCUT2D eigenvalue weighted by molar-refractivity contribution is 5.92. The third-order valence-corrected chi connectivity index (χ3v) is 2.88. The van der Waals surface area contributed by atoms with Gasteiger partial charge in [0.25, 0.3) is 5.91 Å². The summed E-state index contributed by atoms with van der Waals surface area (Å²) in [6, 6.07) is 4.04. The van der Waals surface area contributed by atoms with Crippen LogP contribution in [0.1, 0.15) is 35.9 Å². The fourth-order valence-corrected chi connectivity index (χ4v) is 1.93. The molecule has 0 saturated carbocycles. The number of aromatic nitrogens is 3. The van der Waals surface area contributed by atoms with Gasteiger partial charge in [-0.05, 0) is 26.0 Å². The molecule has 2 aromatic rings. The number of nitrogens with zero attached hydrogens (tertiary/aromatic N) is 3. The Bertz CT molecular complexity index is 513. The van der Waals surface area contributed by atoms with E-state index in [0.717, 1.165) is 11.3 Å². The molecule has 2 aromatic heterocycles. The number of carbonyl (C=O) groups excluding carboxylic acids is 1. The fourth-order valence-electron chi connectivity index (χ4n) is 1.93. The van der Waals surface area contributed by atoms with Gasteiger partial charge in [-0.2, -0.15) is 5.10 Å². The maximum atomic E-state index is 12.3. The summed E-state index contributed by atoms with van der Waals surface area (Å²) >= 11 is 0. The first-order valence-electron chi connectivity index (χ1n) is 5.99. The van der Waals surface area contributed by atoms with Gasteiger partial charge >= 0.3 is 0 Å². The number of hydrogen-bond acceptors (Lipinski definition) is 2.